The van der Waals surface area contributed by atoms with Crippen molar-refractivity contribution in [3.05, 3.63) is 95.9 Å². The van der Waals surface area contributed by atoms with Crippen LogP contribution in [0.15, 0.2) is 83.5 Å². The van der Waals surface area contributed by atoms with Crippen LogP contribution in [0.4, 0.5) is 0 Å². The molecule has 1 amide bonds. The van der Waals surface area contributed by atoms with E-state index in [4.69, 9.17) is 4.42 Å². The third kappa shape index (κ3) is 3.82. The van der Waals surface area contributed by atoms with Gasteiger partial charge in [-0.25, -0.2) is 0 Å². The molecule has 0 aliphatic heterocycles. The molecular weight excluding hydrogens is 298 g/mol. The molecule has 3 aromatic rings. The number of carbonyl (C=O) groups is 1. The Hall–Kier alpha value is -3.07. The highest BCUT2D eigenvalue weighted by Crippen LogP contribution is 2.21. The zero-order valence-electron chi connectivity index (χ0n) is 13.6. The molecule has 1 heterocycles. The number of likely N-dealkylation sites (N-methyl/N-ethyl adjacent to an activating group) is 1. The van der Waals surface area contributed by atoms with E-state index in [0.717, 1.165) is 11.1 Å². The lowest BCUT2D eigenvalue weighted by Gasteiger charge is -2.19. The Morgan fingerprint density at radius 1 is 0.958 bits per heavy atom. The number of amides is 1. The van der Waals surface area contributed by atoms with Gasteiger partial charge >= 0.3 is 0 Å². The van der Waals surface area contributed by atoms with Crippen molar-refractivity contribution in [2.45, 2.75) is 6.54 Å². The second kappa shape index (κ2) is 7.47. The SMILES string of the molecule is CN(Cc1ccccc1)C(=O)C(=Cc1ccco1)c1ccccc1. The van der Waals surface area contributed by atoms with Crippen LogP contribution in [0.25, 0.3) is 11.6 Å². The molecule has 24 heavy (non-hydrogen) atoms. The van der Waals surface area contributed by atoms with Crippen molar-refractivity contribution in [1.82, 2.24) is 4.90 Å². The van der Waals surface area contributed by atoms with Gasteiger partial charge in [-0.3, -0.25) is 4.79 Å². The maximum Gasteiger partial charge on any atom is 0.254 e. The summed E-state index contributed by atoms with van der Waals surface area (Å²) >= 11 is 0. The van der Waals surface area contributed by atoms with E-state index < -0.39 is 0 Å². The quantitative estimate of drug-likeness (QED) is 0.650. The highest BCUT2D eigenvalue weighted by molar-refractivity contribution is 6.23. The zero-order chi connectivity index (χ0) is 16.8. The normalized spacial score (nSPS) is 11.3. The fourth-order valence-corrected chi connectivity index (χ4v) is 2.54. The van der Waals surface area contributed by atoms with Crippen LogP contribution in [0.5, 0.6) is 0 Å². The second-order valence-electron chi connectivity index (χ2n) is 5.59. The lowest BCUT2D eigenvalue weighted by molar-refractivity contribution is -0.124. The maximum absolute atomic E-state index is 13.0. The van der Waals surface area contributed by atoms with Crippen LogP contribution >= 0.6 is 0 Å². The first-order chi connectivity index (χ1) is 11.7. The molecule has 0 saturated heterocycles. The van der Waals surface area contributed by atoms with Gasteiger partial charge in [0.15, 0.2) is 0 Å². The van der Waals surface area contributed by atoms with E-state index in [1.54, 1.807) is 17.2 Å². The molecule has 3 rings (SSSR count). The monoisotopic (exact) mass is 317 g/mol. The fourth-order valence-electron chi connectivity index (χ4n) is 2.54. The molecule has 0 aliphatic carbocycles. The molecule has 0 aliphatic rings. The van der Waals surface area contributed by atoms with Crippen molar-refractivity contribution in [1.29, 1.82) is 0 Å². The molecule has 0 N–H and O–H groups in total. The van der Waals surface area contributed by atoms with E-state index in [0.29, 0.717) is 17.9 Å². The van der Waals surface area contributed by atoms with Gasteiger partial charge < -0.3 is 9.32 Å². The van der Waals surface area contributed by atoms with E-state index in [9.17, 15) is 4.79 Å². The van der Waals surface area contributed by atoms with Gasteiger partial charge in [0, 0.05) is 13.6 Å². The number of hydrogen-bond donors (Lipinski definition) is 0. The van der Waals surface area contributed by atoms with Gasteiger partial charge in [-0.15, -0.1) is 0 Å². The summed E-state index contributed by atoms with van der Waals surface area (Å²) in [5.74, 6) is 0.622. The summed E-state index contributed by atoms with van der Waals surface area (Å²) in [7, 11) is 1.81. The van der Waals surface area contributed by atoms with Crippen LogP contribution in [-0.4, -0.2) is 17.9 Å². The summed E-state index contributed by atoms with van der Waals surface area (Å²) in [4.78, 5) is 14.7. The van der Waals surface area contributed by atoms with Crippen LogP contribution in [0.1, 0.15) is 16.9 Å². The van der Waals surface area contributed by atoms with Crippen LogP contribution in [-0.2, 0) is 11.3 Å². The Balaban J connectivity index is 1.89. The predicted molar refractivity (Wildman–Crippen MR) is 95.9 cm³/mol. The first-order valence-corrected chi connectivity index (χ1v) is 7.84. The summed E-state index contributed by atoms with van der Waals surface area (Å²) in [6, 6.07) is 23.3. The molecular formula is C21H19NO2. The Kier molecular flexibility index (Phi) is 4.92. The average molecular weight is 317 g/mol. The highest BCUT2D eigenvalue weighted by Gasteiger charge is 2.17. The topological polar surface area (TPSA) is 33.5 Å². The van der Waals surface area contributed by atoms with Gasteiger partial charge in [0.25, 0.3) is 5.91 Å². The van der Waals surface area contributed by atoms with Crippen LogP contribution < -0.4 is 0 Å². The first-order valence-electron chi connectivity index (χ1n) is 7.84. The van der Waals surface area contributed by atoms with Crippen LogP contribution in [0.2, 0.25) is 0 Å². The van der Waals surface area contributed by atoms with Crippen LogP contribution in [0, 0.1) is 0 Å². The van der Waals surface area contributed by atoms with E-state index in [-0.39, 0.29) is 5.91 Å². The van der Waals surface area contributed by atoms with Crippen molar-refractivity contribution in [3.63, 3.8) is 0 Å². The Bertz CT molecular complexity index is 806. The molecule has 0 atom stereocenters. The lowest BCUT2D eigenvalue weighted by atomic mass is 10.0. The van der Waals surface area contributed by atoms with Gasteiger partial charge in [-0.2, -0.15) is 0 Å². The molecule has 0 bridgehead atoms. The van der Waals surface area contributed by atoms with Crippen molar-refractivity contribution in [3.8, 4) is 0 Å². The van der Waals surface area contributed by atoms with Crippen molar-refractivity contribution >= 4 is 17.6 Å². The third-order valence-electron chi connectivity index (χ3n) is 3.75. The van der Waals surface area contributed by atoms with E-state index in [1.807, 2.05) is 79.8 Å². The molecule has 0 spiro atoms. The van der Waals surface area contributed by atoms with Crippen molar-refractivity contribution < 1.29 is 9.21 Å². The standard InChI is InChI=1S/C21H19NO2/c1-22(16-17-9-4-2-5-10-17)21(23)20(15-19-13-8-14-24-19)18-11-6-3-7-12-18/h2-15H,16H2,1H3. The van der Waals surface area contributed by atoms with Crippen molar-refractivity contribution in [2.24, 2.45) is 0 Å². The molecule has 2 aromatic carbocycles. The molecule has 120 valence electrons. The number of rotatable bonds is 5. The highest BCUT2D eigenvalue weighted by atomic mass is 16.3. The molecule has 0 radical (unpaired) electrons. The zero-order valence-corrected chi connectivity index (χ0v) is 13.6. The minimum absolute atomic E-state index is 0.0403. The largest absolute Gasteiger partial charge is 0.465 e. The summed E-state index contributed by atoms with van der Waals surface area (Å²) < 4.78 is 5.39. The van der Waals surface area contributed by atoms with Gasteiger partial charge in [0.1, 0.15) is 5.76 Å². The fraction of sp³-hybridized carbons (Fsp3) is 0.0952. The molecule has 0 saturated carbocycles. The molecule has 0 unspecified atom stereocenters. The minimum atomic E-state index is -0.0403. The summed E-state index contributed by atoms with van der Waals surface area (Å²) in [6.07, 6.45) is 3.39. The van der Waals surface area contributed by atoms with E-state index in [2.05, 4.69) is 0 Å². The molecule has 3 heteroatoms. The number of benzene rings is 2. The summed E-state index contributed by atoms with van der Waals surface area (Å²) in [5.41, 5.74) is 2.58. The summed E-state index contributed by atoms with van der Waals surface area (Å²) in [6.45, 7) is 0.558. The Morgan fingerprint density at radius 2 is 1.62 bits per heavy atom. The number of hydrogen-bond acceptors (Lipinski definition) is 2. The third-order valence-corrected chi connectivity index (χ3v) is 3.75. The van der Waals surface area contributed by atoms with Gasteiger partial charge in [0.2, 0.25) is 0 Å². The first kappa shape index (κ1) is 15.8. The Labute approximate surface area is 141 Å². The number of nitrogens with zero attached hydrogens (tertiary/aromatic N) is 1. The van der Waals surface area contributed by atoms with Gasteiger partial charge in [-0.05, 0) is 29.3 Å². The minimum Gasteiger partial charge on any atom is -0.465 e. The van der Waals surface area contributed by atoms with Gasteiger partial charge in [0.05, 0.1) is 11.8 Å². The maximum atomic E-state index is 13.0. The Morgan fingerprint density at radius 3 is 2.25 bits per heavy atom. The lowest BCUT2D eigenvalue weighted by Crippen LogP contribution is -2.27. The van der Waals surface area contributed by atoms with Crippen LogP contribution in [0.3, 0.4) is 0 Å². The number of furan rings is 1. The average Bonchev–Trinajstić information content (AvgIpc) is 3.14. The predicted octanol–water partition coefficient (Wildman–Crippen LogP) is 4.48. The van der Waals surface area contributed by atoms with Gasteiger partial charge in [-0.1, -0.05) is 60.7 Å². The molecule has 0 fully saturated rings. The molecule has 3 nitrogen and oxygen atoms in total. The summed E-state index contributed by atoms with van der Waals surface area (Å²) in [5, 5.41) is 0. The van der Waals surface area contributed by atoms with E-state index >= 15 is 0 Å². The van der Waals surface area contributed by atoms with E-state index in [1.165, 1.54) is 0 Å². The molecule has 1 aromatic heterocycles. The smallest absolute Gasteiger partial charge is 0.254 e. The van der Waals surface area contributed by atoms with Crippen molar-refractivity contribution in [2.75, 3.05) is 7.05 Å². The second-order valence-corrected chi connectivity index (χ2v) is 5.59. The number of carbonyl (C=O) groups excluding carboxylic acids is 1.